The summed E-state index contributed by atoms with van der Waals surface area (Å²) in [4.78, 5) is 12.1. The first-order chi connectivity index (χ1) is 12.7. The number of rotatable bonds is 5. The SMILES string of the molecule is O=C1CCC[C@H]1Sc1nnc(-c2ccccc2Br)n1Cc1ccccc1. The van der Waals surface area contributed by atoms with E-state index in [4.69, 9.17) is 0 Å². The van der Waals surface area contributed by atoms with Crippen LogP contribution < -0.4 is 0 Å². The molecule has 0 spiro atoms. The Kier molecular flexibility index (Phi) is 5.22. The maximum atomic E-state index is 12.1. The highest BCUT2D eigenvalue weighted by Gasteiger charge is 2.28. The number of Topliss-reactive ketones (excluding diaryl/α,β-unsaturated/α-hetero) is 1. The lowest BCUT2D eigenvalue weighted by molar-refractivity contribution is -0.116. The standard InChI is InChI=1S/C20H18BrN3OS/c21-16-10-5-4-9-15(16)19-22-23-20(26-18-12-6-11-17(18)25)24(19)13-14-7-2-1-3-8-14/h1-5,7-10,18H,6,11-13H2/t18-/m1/s1. The number of aromatic nitrogens is 3. The fraction of sp³-hybridized carbons (Fsp3) is 0.250. The second-order valence-corrected chi connectivity index (χ2v) is 8.35. The molecule has 1 saturated carbocycles. The first-order valence-corrected chi connectivity index (χ1v) is 10.3. The molecule has 0 N–H and O–H groups in total. The average molecular weight is 428 g/mol. The number of nitrogens with zero attached hydrogens (tertiary/aromatic N) is 3. The molecule has 1 aliphatic rings. The van der Waals surface area contributed by atoms with Crippen molar-refractivity contribution < 1.29 is 4.79 Å². The summed E-state index contributed by atoms with van der Waals surface area (Å²) in [5.41, 5.74) is 2.18. The van der Waals surface area contributed by atoms with Crippen molar-refractivity contribution in [2.45, 2.75) is 36.2 Å². The predicted octanol–water partition coefficient (Wildman–Crippen LogP) is 4.97. The molecule has 0 radical (unpaired) electrons. The second-order valence-electron chi connectivity index (χ2n) is 6.32. The van der Waals surface area contributed by atoms with Crippen LogP contribution in [0.2, 0.25) is 0 Å². The van der Waals surface area contributed by atoms with Crippen LogP contribution in [0.15, 0.2) is 64.2 Å². The van der Waals surface area contributed by atoms with E-state index in [1.165, 1.54) is 5.56 Å². The van der Waals surface area contributed by atoms with Crippen molar-refractivity contribution in [2.75, 3.05) is 0 Å². The normalized spacial score (nSPS) is 17.0. The van der Waals surface area contributed by atoms with E-state index in [0.29, 0.717) is 18.7 Å². The lowest BCUT2D eigenvalue weighted by atomic mass is 10.2. The van der Waals surface area contributed by atoms with Gasteiger partial charge in [-0.25, -0.2) is 0 Å². The van der Waals surface area contributed by atoms with Crippen LogP contribution in [0.1, 0.15) is 24.8 Å². The van der Waals surface area contributed by atoms with Gasteiger partial charge in [0.1, 0.15) is 5.78 Å². The molecule has 26 heavy (non-hydrogen) atoms. The number of halogens is 1. The van der Waals surface area contributed by atoms with Gasteiger partial charge < -0.3 is 0 Å². The van der Waals surface area contributed by atoms with Gasteiger partial charge in [-0.05, 0) is 24.5 Å². The van der Waals surface area contributed by atoms with Gasteiger partial charge in [-0.15, -0.1) is 10.2 Å². The summed E-state index contributed by atoms with van der Waals surface area (Å²) in [5, 5.41) is 9.70. The van der Waals surface area contributed by atoms with Gasteiger partial charge in [-0.2, -0.15) is 0 Å². The van der Waals surface area contributed by atoms with Gasteiger partial charge in [0.15, 0.2) is 11.0 Å². The molecule has 1 aliphatic carbocycles. The zero-order valence-electron chi connectivity index (χ0n) is 14.1. The van der Waals surface area contributed by atoms with Crippen LogP contribution in [-0.4, -0.2) is 25.8 Å². The summed E-state index contributed by atoms with van der Waals surface area (Å²) in [5.74, 6) is 1.14. The quantitative estimate of drug-likeness (QED) is 0.576. The summed E-state index contributed by atoms with van der Waals surface area (Å²) in [6, 6.07) is 18.3. The van der Waals surface area contributed by atoms with Crippen molar-refractivity contribution in [3.05, 3.63) is 64.6 Å². The predicted molar refractivity (Wildman–Crippen MR) is 107 cm³/mol. The van der Waals surface area contributed by atoms with Crippen LogP contribution in [0.3, 0.4) is 0 Å². The number of thioether (sulfide) groups is 1. The van der Waals surface area contributed by atoms with Gasteiger partial charge in [0, 0.05) is 16.5 Å². The van der Waals surface area contributed by atoms with Crippen molar-refractivity contribution in [2.24, 2.45) is 0 Å². The van der Waals surface area contributed by atoms with Crippen LogP contribution in [-0.2, 0) is 11.3 Å². The van der Waals surface area contributed by atoms with Crippen molar-refractivity contribution >= 4 is 33.5 Å². The Labute approximate surface area is 165 Å². The van der Waals surface area contributed by atoms with E-state index in [9.17, 15) is 4.79 Å². The highest BCUT2D eigenvalue weighted by Crippen LogP contribution is 2.35. The highest BCUT2D eigenvalue weighted by atomic mass is 79.9. The Bertz CT molecular complexity index is 926. The maximum Gasteiger partial charge on any atom is 0.192 e. The average Bonchev–Trinajstić information content (AvgIpc) is 3.24. The first-order valence-electron chi connectivity index (χ1n) is 8.64. The third-order valence-corrected chi connectivity index (χ3v) is 6.50. The summed E-state index contributed by atoms with van der Waals surface area (Å²) in [6.45, 7) is 0.674. The summed E-state index contributed by atoms with van der Waals surface area (Å²) in [6.07, 6.45) is 2.58. The van der Waals surface area contributed by atoms with E-state index < -0.39 is 0 Å². The molecule has 0 bridgehead atoms. The molecule has 0 unspecified atom stereocenters. The minimum Gasteiger partial charge on any atom is -0.298 e. The number of hydrogen-bond acceptors (Lipinski definition) is 4. The van der Waals surface area contributed by atoms with Crippen molar-refractivity contribution in [3.63, 3.8) is 0 Å². The molecule has 4 rings (SSSR count). The summed E-state index contributed by atoms with van der Waals surface area (Å²) in [7, 11) is 0. The molecule has 1 heterocycles. The lowest BCUT2D eigenvalue weighted by Gasteiger charge is -2.13. The third kappa shape index (κ3) is 3.62. The molecule has 1 atom stereocenters. The zero-order chi connectivity index (χ0) is 17.9. The number of ketones is 1. The molecular formula is C20H18BrN3OS. The minimum atomic E-state index is 0.000729. The Balaban J connectivity index is 1.74. The Morgan fingerprint density at radius 3 is 2.58 bits per heavy atom. The molecule has 3 aromatic rings. The van der Waals surface area contributed by atoms with E-state index in [-0.39, 0.29) is 5.25 Å². The highest BCUT2D eigenvalue weighted by molar-refractivity contribution is 9.10. The molecule has 2 aromatic carbocycles. The number of carbonyl (C=O) groups excluding carboxylic acids is 1. The smallest absolute Gasteiger partial charge is 0.192 e. The van der Waals surface area contributed by atoms with Gasteiger partial charge in [-0.3, -0.25) is 9.36 Å². The van der Waals surface area contributed by atoms with Crippen LogP contribution in [0.5, 0.6) is 0 Å². The molecule has 0 aliphatic heterocycles. The zero-order valence-corrected chi connectivity index (χ0v) is 16.5. The number of hydrogen-bond donors (Lipinski definition) is 0. The molecular weight excluding hydrogens is 410 g/mol. The monoisotopic (exact) mass is 427 g/mol. The first kappa shape index (κ1) is 17.5. The van der Waals surface area contributed by atoms with Gasteiger partial charge in [0.05, 0.1) is 11.8 Å². The van der Waals surface area contributed by atoms with Gasteiger partial charge >= 0.3 is 0 Å². The molecule has 6 heteroatoms. The van der Waals surface area contributed by atoms with Crippen molar-refractivity contribution in [1.82, 2.24) is 14.8 Å². The molecule has 1 aromatic heterocycles. The third-order valence-electron chi connectivity index (χ3n) is 4.51. The van der Waals surface area contributed by atoms with E-state index in [1.54, 1.807) is 11.8 Å². The Morgan fingerprint density at radius 1 is 1.08 bits per heavy atom. The summed E-state index contributed by atoms with van der Waals surface area (Å²) >= 11 is 5.17. The van der Waals surface area contributed by atoms with Crippen molar-refractivity contribution in [3.8, 4) is 11.4 Å². The minimum absolute atomic E-state index is 0.000729. The van der Waals surface area contributed by atoms with Crippen LogP contribution >= 0.6 is 27.7 Å². The fourth-order valence-electron chi connectivity index (χ4n) is 3.16. The molecule has 132 valence electrons. The fourth-order valence-corrected chi connectivity index (χ4v) is 4.78. The molecule has 0 amide bonds. The van der Waals surface area contributed by atoms with Gasteiger partial charge in [-0.1, -0.05) is 76.2 Å². The molecule has 0 saturated heterocycles. The van der Waals surface area contributed by atoms with E-state index in [0.717, 1.165) is 33.9 Å². The molecule has 1 fully saturated rings. The largest absolute Gasteiger partial charge is 0.298 e. The van der Waals surface area contributed by atoms with E-state index in [2.05, 4.69) is 42.8 Å². The van der Waals surface area contributed by atoms with Crippen LogP contribution in [0, 0.1) is 0 Å². The Morgan fingerprint density at radius 2 is 1.85 bits per heavy atom. The topological polar surface area (TPSA) is 47.8 Å². The van der Waals surface area contributed by atoms with Gasteiger partial charge in [0.25, 0.3) is 0 Å². The number of carbonyl (C=O) groups is 1. The van der Waals surface area contributed by atoms with Gasteiger partial charge in [0.2, 0.25) is 0 Å². The maximum absolute atomic E-state index is 12.1. The molecule has 4 nitrogen and oxygen atoms in total. The van der Waals surface area contributed by atoms with E-state index >= 15 is 0 Å². The summed E-state index contributed by atoms with van der Waals surface area (Å²) < 4.78 is 3.10. The van der Waals surface area contributed by atoms with Crippen LogP contribution in [0.4, 0.5) is 0 Å². The Hall–Kier alpha value is -1.92. The van der Waals surface area contributed by atoms with E-state index in [1.807, 2.05) is 42.5 Å². The van der Waals surface area contributed by atoms with Crippen LogP contribution in [0.25, 0.3) is 11.4 Å². The number of benzene rings is 2. The van der Waals surface area contributed by atoms with Crippen molar-refractivity contribution in [1.29, 1.82) is 0 Å². The lowest BCUT2D eigenvalue weighted by Crippen LogP contribution is -2.11. The second kappa shape index (κ2) is 7.76.